The van der Waals surface area contributed by atoms with Crippen molar-refractivity contribution in [2.24, 2.45) is 0 Å². The molecule has 7 heteroatoms. The molecule has 0 amide bonds. The molecule has 0 saturated carbocycles. The van der Waals surface area contributed by atoms with E-state index >= 15 is 0 Å². The van der Waals surface area contributed by atoms with E-state index in [2.05, 4.69) is 14.9 Å². The van der Waals surface area contributed by atoms with Gasteiger partial charge in [-0.1, -0.05) is 6.07 Å². The molecule has 4 rings (SSSR count). The molecule has 0 saturated heterocycles. The molecule has 1 N–H and O–H groups in total. The van der Waals surface area contributed by atoms with Crippen molar-refractivity contribution in [3.05, 3.63) is 71.3 Å². The zero-order valence-corrected chi connectivity index (χ0v) is 16.5. The fraction of sp³-hybridized carbons (Fsp3) is 0.286. The first-order chi connectivity index (χ1) is 13.5. The van der Waals surface area contributed by atoms with Crippen molar-refractivity contribution in [2.45, 2.75) is 30.0 Å². The molecule has 0 radical (unpaired) electrons. The van der Waals surface area contributed by atoms with Crippen LogP contribution in [0.15, 0.2) is 47.6 Å². The lowest BCUT2D eigenvalue weighted by Crippen LogP contribution is -2.24. The lowest BCUT2D eigenvalue weighted by atomic mass is 10.1. The molecule has 1 unspecified atom stereocenters. The van der Waals surface area contributed by atoms with Gasteiger partial charge in [0.15, 0.2) is 0 Å². The number of aryl methyl sites for hydroxylation is 1. The summed E-state index contributed by atoms with van der Waals surface area (Å²) in [6, 6.07) is 9.77. The molecule has 1 atom stereocenters. The number of hydrogen-bond acceptors (Lipinski definition) is 4. The largest absolute Gasteiger partial charge is 0.497 e. The summed E-state index contributed by atoms with van der Waals surface area (Å²) in [7, 11) is 1.63. The highest BCUT2D eigenvalue weighted by molar-refractivity contribution is 7.99. The van der Waals surface area contributed by atoms with E-state index in [0.29, 0.717) is 12.1 Å². The summed E-state index contributed by atoms with van der Waals surface area (Å²) in [4.78, 5) is 10.8. The SMILES string of the molecule is COc1ccc2c(c1)SC(c1ccc(F)cc1F)CCN2Cc1nc[nH]c1C. The van der Waals surface area contributed by atoms with Gasteiger partial charge in [0.25, 0.3) is 0 Å². The Bertz CT molecular complexity index is 992. The highest BCUT2D eigenvalue weighted by Gasteiger charge is 2.26. The van der Waals surface area contributed by atoms with Crippen LogP contribution in [0.3, 0.4) is 0 Å². The van der Waals surface area contributed by atoms with Crippen molar-refractivity contribution >= 4 is 17.4 Å². The van der Waals surface area contributed by atoms with E-state index in [9.17, 15) is 8.78 Å². The molecule has 146 valence electrons. The summed E-state index contributed by atoms with van der Waals surface area (Å²) in [6.45, 7) is 3.40. The van der Waals surface area contributed by atoms with Crippen LogP contribution >= 0.6 is 11.8 Å². The highest BCUT2D eigenvalue weighted by Crippen LogP contribution is 2.47. The van der Waals surface area contributed by atoms with Gasteiger partial charge in [-0.3, -0.25) is 0 Å². The molecular weight excluding hydrogens is 380 g/mol. The smallest absolute Gasteiger partial charge is 0.130 e. The van der Waals surface area contributed by atoms with Crippen molar-refractivity contribution in [3.63, 3.8) is 0 Å². The number of anilines is 1. The van der Waals surface area contributed by atoms with E-state index in [1.807, 2.05) is 25.1 Å². The number of imidazole rings is 1. The van der Waals surface area contributed by atoms with Crippen LogP contribution in [0.1, 0.15) is 28.6 Å². The predicted molar refractivity (Wildman–Crippen MR) is 107 cm³/mol. The Kier molecular flexibility index (Phi) is 5.26. The van der Waals surface area contributed by atoms with E-state index in [1.54, 1.807) is 31.3 Å². The molecular formula is C21H21F2N3OS. The average Bonchev–Trinajstić information content (AvgIpc) is 2.99. The van der Waals surface area contributed by atoms with Gasteiger partial charge in [0.1, 0.15) is 17.4 Å². The van der Waals surface area contributed by atoms with Crippen LogP contribution in [0.25, 0.3) is 0 Å². The second-order valence-electron chi connectivity index (χ2n) is 6.79. The zero-order chi connectivity index (χ0) is 19.7. The van der Waals surface area contributed by atoms with Crippen LogP contribution in [0.2, 0.25) is 0 Å². The van der Waals surface area contributed by atoms with Crippen LogP contribution in [-0.4, -0.2) is 23.6 Å². The Morgan fingerprint density at radius 2 is 2.11 bits per heavy atom. The number of ether oxygens (including phenoxy) is 1. The minimum absolute atomic E-state index is 0.114. The molecule has 0 aliphatic carbocycles. The van der Waals surface area contributed by atoms with Crippen LogP contribution in [-0.2, 0) is 6.54 Å². The molecule has 4 nitrogen and oxygen atoms in total. The fourth-order valence-corrected chi connectivity index (χ4v) is 4.81. The Balaban J connectivity index is 1.70. The standard InChI is InChI=1S/C21H21F2N3OS/c1-13-18(25-12-24-13)11-26-8-7-20(16-5-3-14(22)9-17(16)23)28-21-10-15(27-2)4-6-19(21)26/h3-6,9-10,12,20H,7-8,11H2,1-2H3,(H,24,25). The summed E-state index contributed by atoms with van der Waals surface area (Å²) < 4.78 is 33.2. The van der Waals surface area contributed by atoms with Crippen LogP contribution < -0.4 is 9.64 Å². The minimum Gasteiger partial charge on any atom is -0.497 e. The average molecular weight is 401 g/mol. The van der Waals surface area contributed by atoms with Crippen LogP contribution in [0, 0.1) is 18.6 Å². The van der Waals surface area contributed by atoms with Gasteiger partial charge in [0, 0.05) is 34.0 Å². The third kappa shape index (κ3) is 3.71. The number of benzene rings is 2. The maximum absolute atomic E-state index is 14.4. The van der Waals surface area contributed by atoms with E-state index in [-0.39, 0.29) is 5.25 Å². The van der Waals surface area contributed by atoms with Crippen molar-refractivity contribution in [1.82, 2.24) is 9.97 Å². The molecule has 0 fully saturated rings. The van der Waals surface area contributed by atoms with Gasteiger partial charge in [-0.05, 0) is 37.6 Å². The summed E-state index contributed by atoms with van der Waals surface area (Å²) in [5.74, 6) is -0.307. The molecule has 2 aromatic carbocycles. The second-order valence-corrected chi connectivity index (χ2v) is 8.04. The number of aromatic amines is 1. The summed E-state index contributed by atoms with van der Waals surface area (Å²) in [5.41, 5.74) is 3.61. The Morgan fingerprint density at radius 1 is 1.25 bits per heavy atom. The first kappa shape index (κ1) is 18.8. The monoisotopic (exact) mass is 401 g/mol. The van der Waals surface area contributed by atoms with Gasteiger partial charge in [-0.15, -0.1) is 11.8 Å². The van der Waals surface area contributed by atoms with Crippen molar-refractivity contribution in [1.29, 1.82) is 0 Å². The number of nitrogens with zero attached hydrogens (tertiary/aromatic N) is 2. The number of thioether (sulfide) groups is 1. The first-order valence-corrected chi connectivity index (χ1v) is 9.96. The Hall–Kier alpha value is -2.54. The molecule has 1 aliphatic rings. The van der Waals surface area contributed by atoms with E-state index in [4.69, 9.17) is 4.74 Å². The molecule has 1 aromatic heterocycles. The highest BCUT2D eigenvalue weighted by atomic mass is 32.2. The lowest BCUT2D eigenvalue weighted by Gasteiger charge is -2.24. The molecule has 3 aromatic rings. The Morgan fingerprint density at radius 3 is 2.82 bits per heavy atom. The van der Waals surface area contributed by atoms with Crippen molar-refractivity contribution < 1.29 is 13.5 Å². The maximum Gasteiger partial charge on any atom is 0.130 e. The van der Waals surface area contributed by atoms with Crippen molar-refractivity contribution in [2.75, 3.05) is 18.6 Å². The van der Waals surface area contributed by atoms with Gasteiger partial charge in [0.05, 0.1) is 31.4 Å². The molecule has 0 bridgehead atoms. The number of methoxy groups -OCH3 is 1. The number of halogens is 2. The fourth-order valence-electron chi connectivity index (χ4n) is 3.46. The molecule has 1 aliphatic heterocycles. The van der Waals surface area contributed by atoms with Crippen molar-refractivity contribution in [3.8, 4) is 5.75 Å². The van der Waals surface area contributed by atoms with Crippen LogP contribution in [0.5, 0.6) is 5.75 Å². The van der Waals surface area contributed by atoms with Gasteiger partial charge in [-0.2, -0.15) is 0 Å². The molecule has 0 spiro atoms. The van der Waals surface area contributed by atoms with Gasteiger partial charge in [0.2, 0.25) is 0 Å². The lowest BCUT2D eigenvalue weighted by molar-refractivity contribution is 0.413. The summed E-state index contributed by atoms with van der Waals surface area (Å²) in [6.07, 6.45) is 2.43. The Labute approximate surface area is 166 Å². The maximum atomic E-state index is 14.4. The summed E-state index contributed by atoms with van der Waals surface area (Å²) >= 11 is 1.59. The second kappa shape index (κ2) is 7.83. The minimum atomic E-state index is -0.558. The summed E-state index contributed by atoms with van der Waals surface area (Å²) in [5, 5.41) is -0.114. The molecule has 28 heavy (non-hydrogen) atoms. The van der Waals surface area contributed by atoms with E-state index in [1.165, 1.54) is 6.07 Å². The number of aromatic nitrogens is 2. The normalized spacial score (nSPS) is 16.6. The molecule has 2 heterocycles. The van der Waals surface area contributed by atoms with Gasteiger partial charge in [-0.25, -0.2) is 13.8 Å². The number of fused-ring (bicyclic) bond motifs is 1. The van der Waals surface area contributed by atoms with E-state index in [0.717, 1.165) is 46.8 Å². The zero-order valence-electron chi connectivity index (χ0n) is 15.7. The van der Waals surface area contributed by atoms with Gasteiger partial charge < -0.3 is 14.6 Å². The quantitative estimate of drug-likeness (QED) is 0.648. The number of nitrogens with one attached hydrogen (secondary N) is 1. The number of H-pyrrole nitrogens is 1. The van der Waals surface area contributed by atoms with E-state index < -0.39 is 11.6 Å². The predicted octanol–water partition coefficient (Wildman–Crippen LogP) is 5.25. The number of hydrogen-bond donors (Lipinski definition) is 1. The van der Waals surface area contributed by atoms with Crippen LogP contribution in [0.4, 0.5) is 14.5 Å². The van der Waals surface area contributed by atoms with Gasteiger partial charge >= 0.3 is 0 Å². The third-order valence-electron chi connectivity index (χ3n) is 5.02. The third-order valence-corrected chi connectivity index (χ3v) is 6.38. The number of rotatable bonds is 4. The topological polar surface area (TPSA) is 41.1 Å². The first-order valence-electron chi connectivity index (χ1n) is 9.08.